The maximum atomic E-state index is 15.1. The number of fused-ring (bicyclic) bond motifs is 1. The molecule has 7 rings (SSSR count). The molecule has 6 aromatic rings. The summed E-state index contributed by atoms with van der Waals surface area (Å²) in [6.45, 7) is 5.56. The highest BCUT2D eigenvalue weighted by Gasteiger charge is 2.40. The first-order valence-electron chi connectivity index (χ1n) is 37.2. The Labute approximate surface area is 648 Å². The van der Waals surface area contributed by atoms with Gasteiger partial charge < -0.3 is 79.3 Å². The third-order valence-corrected chi connectivity index (χ3v) is 18.6. The number of halogens is 1. The fraction of sp³-hybridized carbons (Fsp3) is 0.449. The summed E-state index contributed by atoms with van der Waals surface area (Å²) in [6.07, 6.45) is 9.92. The van der Waals surface area contributed by atoms with Crippen molar-refractivity contribution < 1.29 is 72.5 Å². The Balaban J connectivity index is 1.15. The van der Waals surface area contributed by atoms with Gasteiger partial charge in [0.25, 0.3) is 11.8 Å². The number of nitrogens with one attached hydrogen (secondary N) is 11. The first-order chi connectivity index (χ1) is 53.3. The average molecular weight is 1550 g/mol. The van der Waals surface area contributed by atoms with Crippen LogP contribution in [0.5, 0.6) is 0 Å². The maximum absolute atomic E-state index is 15.1. The average Bonchev–Trinajstić information content (AvgIpc) is 1.69. The fourth-order valence-corrected chi connectivity index (χ4v) is 12.6. The standard InChI is InChI=1S/C78H100ClN17O15/c1-47(2)39-60(71(103)91-59(23-7-11-31-80)77(109)96-38-16-24-66(96)76(108)87-48(3)78(110)111)92-70(102)58(22-10-14-35-86-68(100)64-45-82-36-37-84-64)89-69(101)57(21-9-13-34-85-67(99)56-20-8-12-33-83-56)90-75(107)65(46-97)95-74(106)63(43-52-17-15-32-81-44-52)94-73(105)62(41-50-26-29-55(79)30-27-50)93-72(104)61(88-49(4)98)42-51-25-28-53-18-5-6-19-54(53)40-51/h5-6,8,12,15,17-20,25-30,32-33,36-37,40,44-45,47-48,57-63,65-66,97H,7,9-11,13-14,16,21-24,31,34-35,38-39,41-43,46,80H2,1-4H3,(H,85,99)(H,86,100)(H,87,108)(H,88,98)(H,89,101)(H,90,107)(H,91,103)(H,92,102)(H,93,104)(H,94,105)(H,95,106)(H,110,111)/t48-,57-,58-,59-,60-,61-,62-,63-,65-,66+/m0/s1. The van der Waals surface area contributed by atoms with E-state index < -0.39 is 144 Å². The minimum atomic E-state index is -1.84. The number of pyridine rings is 2. The van der Waals surface area contributed by atoms with E-state index in [-0.39, 0.29) is 121 Å². The monoisotopic (exact) mass is 1550 g/mol. The molecule has 111 heavy (non-hydrogen) atoms. The summed E-state index contributed by atoms with van der Waals surface area (Å²) < 4.78 is 0. The van der Waals surface area contributed by atoms with Gasteiger partial charge >= 0.3 is 5.97 Å². The van der Waals surface area contributed by atoms with E-state index in [1.807, 2.05) is 42.5 Å². The Bertz CT molecular complexity index is 4130. The molecular formula is C78H100ClN17O15. The number of benzene rings is 3. The molecular weight excluding hydrogens is 1450 g/mol. The number of carbonyl (C=O) groups is 13. The molecule has 1 aliphatic heterocycles. The van der Waals surface area contributed by atoms with Crippen LogP contribution >= 0.6 is 11.6 Å². The van der Waals surface area contributed by atoms with Crippen LogP contribution in [0.1, 0.15) is 142 Å². The number of nitrogens with zero attached hydrogens (tertiary/aromatic N) is 5. The van der Waals surface area contributed by atoms with Gasteiger partial charge in [-0.05, 0) is 154 Å². The number of nitrogens with two attached hydrogens (primary N) is 1. The maximum Gasteiger partial charge on any atom is 0.325 e. The molecule has 594 valence electrons. The minimum absolute atomic E-state index is 0.00299. The third-order valence-electron chi connectivity index (χ3n) is 18.4. The Morgan fingerprint density at radius 2 is 1.02 bits per heavy atom. The number of likely N-dealkylation sites (tertiary alicyclic amines) is 1. The molecule has 32 nitrogen and oxygen atoms in total. The van der Waals surface area contributed by atoms with Gasteiger partial charge in [0.05, 0.1) is 12.8 Å². The second-order valence-electron chi connectivity index (χ2n) is 27.6. The number of aliphatic carboxylic acids is 1. The Hall–Kier alpha value is -11.4. The van der Waals surface area contributed by atoms with E-state index in [1.54, 1.807) is 62.4 Å². The van der Waals surface area contributed by atoms with E-state index in [2.05, 4.69) is 78.4 Å². The normalized spacial score (nSPS) is 14.9. The number of hydrogen-bond acceptors (Lipinski definition) is 19. The van der Waals surface area contributed by atoms with Crippen LogP contribution < -0.4 is 64.2 Å². The number of aromatic nitrogens is 4. The molecule has 0 unspecified atom stereocenters. The van der Waals surface area contributed by atoms with E-state index in [0.717, 1.165) is 10.8 Å². The van der Waals surface area contributed by atoms with Crippen LogP contribution in [0.4, 0.5) is 0 Å². The number of amides is 12. The minimum Gasteiger partial charge on any atom is -0.480 e. The van der Waals surface area contributed by atoms with Gasteiger partial charge in [-0.15, -0.1) is 0 Å². The summed E-state index contributed by atoms with van der Waals surface area (Å²) in [5.74, 6) is -10.8. The number of unbranched alkanes of at least 4 members (excludes halogenated alkanes) is 3. The van der Waals surface area contributed by atoms with Gasteiger partial charge in [0.15, 0.2) is 0 Å². The number of aliphatic hydroxyl groups excluding tert-OH is 1. The number of rotatable bonds is 44. The van der Waals surface area contributed by atoms with Crippen LogP contribution in [0.15, 0.2) is 134 Å². The zero-order valence-corrected chi connectivity index (χ0v) is 63.3. The van der Waals surface area contributed by atoms with E-state index >= 15 is 9.59 Å². The van der Waals surface area contributed by atoms with Crippen molar-refractivity contribution in [2.75, 3.05) is 32.8 Å². The lowest BCUT2D eigenvalue weighted by Crippen LogP contribution is -2.61. The second kappa shape index (κ2) is 44.9. The van der Waals surface area contributed by atoms with Crippen LogP contribution in [0.3, 0.4) is 0 Å². The van der Waals surface area contributed by atoms with E-state index in [1.165, 1.54) is 62.0 Å². The van der Waals surface area contributed by atoms with Crippen LogP contribution in [0.2, 0.25) is 5.02 Å². The molecule has 12 amide bonds. The molecule has 0 radical (unpaired) electrons. The zero-order valence-electron chi connectivity index (χ0n) is 62.6. The highest BCUT2D eigenvalue weighted by Crippen LogP contribution is 2.23. The van der Waals surface area contributed by atoms with Crippen LogP contribution in [-0.4, -0.2) is 205 Å². The fourth-order valence-electron chi connectivity index (χ4n) is 12.5. The molecule has 1 saturated heterocycles. The smallest absolute Gasteiger partial charge is 0.325 e. The summed E-state index contributed by atoms with van der Waals surface area (Å²) in [6, 6.07) is 13.7. The predicted octanol–water partition coefficient (Wildman–Crippen LogP) is 1.95. The van der Waals surface area contributed by atoms with Crippen molar-refractivity contribution >= 4 is 99.2 Å². The van der Waals surface area contributed by atoms with Crippen molar-refractivity contribution in [1.29, 1.82) is 0 Å². The van der Waals surface area contributed by atoms with Gasteiger partial charge in [0, 0.05) is 81.8 Å². The molecule has 1 fully saturated rings. The van der Waals surface area contributed by atoms with Crippen molar-refractivity contribution in [1.82, 2.24) is 83.3 Å². The molecule has 33 heteroatoms. The summed E-state index contributed by atoms with van der Waals surface area (Å²) in [7, 11) is 0. The van der Waals surface area contributed by atoms with E-state index in [9.17, 15) is 63.0 Å². The van der Waals surface area contributed by atoms with Crippen molar-refractivity contribution in [2.24, 2.45) is 11.7 Å². The van der Waals surface area contributed by atoms with Gasteiger partial charge in [-0.25, -0.2) is 4.98 Å². The molecule has 3 aromatic carbocycles. The van der Waals surface area contributed by atoms with Crippen LogP contribution in [0, 0.1) is 5.92 Å². The molecule has 0 spiro atoms. The number of hydrogen-bond donors (Lipinski definition) is 14. The summed E-state index contributed by atoms with van der Waals surface area (Å²) in [5, 5.41) is 52.4. The number of carbonyl (C=O) groups excluding carboxylic acids is 12. The van der Waals surface area contributed by atoms with Gasteiger partial charge in [0.2, 0.25) is 59.1 Å². The van der Waals surface area contributed by atoms with Crippen molar-refractivity contribution in [3.63, 3.8) is 0 Å². The lowest BCUT2D eigenvalue weighted by molar-refractivity contribution is -0.144. The molecule has 0 bridgehead atoms. The molecule has 1 aliphatic rings. The number of aliphatic hydroxyl groups is 1. The van der Waals surface area contributed by atoms with Crippen molar-refractivity contribution in [3.05, 3.63) is 167 Å². The zero-order chi connectivity index (χ0) is 80.4. The number of carboxylic acid groups (broad SMARTS) is 1. The highest BCUT2D eigenvalue weighted by molar-refractivity contribution is 6.30. The second-order valence-corrected chi connectivity index (χ2v) is 28.1. The SMILES string of the molecule is CC(=O)N[C@@H](Cc1ccc2ccccc2c1)C(=O)N[C@@H](Cc1ccc(Cl)cc1)C(=O)N[C@@H](Cc1cccnc1)C(=O)N[C@@H](CO)C(=O)N[C@@H](CCCCNC(=O)c1ccccn1)C(=O)N[C@@H](CCCCNC(=O)c1cnccn1)C(=O)N[C@@H](CC(C)C)C(=O)N[C@@H](CCCCN)C(=O)N1CCC[C@@H]1C(=O)N[C@@H](C)C(=O)O. The van der Waals surface area contributed by atoms with Crippen molar-refractivity contribution in [2.45, 2.75) is 184 Å². The largest absolute Gasteiger partial charge is 0.480 e. The molecule has 15 N–H and O–H groups in total. The quantitative estimate of drug-likeness (QED) is 0.0243. The van der Waals surface area contributed by atoms with E-state index in [0.29, 0.717) is 41.0 Å². The molecule has 0 aliphatic carbocycles. The Morgan fingerprint density at radius 1 is 0.505 bits per heavy atom. The third kappa shape index (κ3) is 28.5. The van der Waals surface area contributed by atoms with Gasteiger partial charge in [0.1, 0.15) is 71.8 Å². The van der Waals surface area contributed by atoms with E-state index in [4.69, 9.17) is 17.3 Å². The lowest BCUT2D eigenvalue weighted by Gasteiger charge is -2.31. The summed E-state index contributed by atoms with van der Waals surface area (Å²) in [5.41, 5.74) is 7.69. The van der Waals surface area contributed by atoms with Crippen LogP contribution in [-0.2, 0) is 72.0 Å². The molecule has 4 heterocycles. The lowest BCUT2D eigenvalue weighted by atomic mass is 9.99. The Morgan fingerprint density at radius 3 is 1.59 bits per heavy atom. The topological polar surface area (TPSA) is 476 Å². The van der Waals surface area contributed by atoms with Gasteiger partial charge in [-0.3, -0.25) is 77.3 Å². The van der Waals surface area contributed by atoms with Gasteiger partial charge in [-0.1, -0.05) is 92.2 Å². The van der Waals surface area contributed by atoms with Crippen LogP contribution in [0.25, 0.3) is 10.8 Å². The first kappa shape index (κ1) is 86.9. The molecule has 3 aromatic heterocycles. The number of carboxylic acids is 1. The summed E-state index contributed by atoms with van der Waals surface area (Å²) in [4.78, 5) is 200. The van der Waals surface area contributed by atoms with Gasteiger partial charge in [-0.2, -0.15) is 0 Å². The summed E-state index contributed by atoms with van der Waals surface area (Å²) >= 11 is 6.26. The predicted molar refractivity (Wildman–Crippen MR) is 410 cm³/mol. The first-order valence-corrected chi connectivity index (χ1v) is 37.6. The highest BCUT2D eigenvalue weighted by atomic mass is 35.5. The molecule has 0 saturated carbocycles. The van der Waals surface area contributed by atoms with Crippen molar-refractivity contribution in [3.8, 4) is 0 Å². The Kier molecular flexibility index (Phi) is 35.2. The molecule has 10 atom stereocenters.